The summed E-state index contributed by atoms with van der Waals surface area (Å²) in [6, 6.07) is 14.9. The molecule has 4 rings (SSSR count). The van der Waals surface area contributed by atoms with Crippen molar-refractivity contribution >= 4 is 29.1 Å². The molecule has 1 aliphatic heterocycles. The van der Waals surface area contributed by atoms with Crippen LogP contribution in [0.2, 0.25) is 10.0 Å². The summed E-state index contributed by atoms with van der Waals surface area (Å²) in [5.74, 6) is 0.119. The van der Waals surface area contributed by atoms with Crippen LogP contribution >= 0.6 is 23.2 Å². The van der Waals surface area contributed by atoms with Crippen LogP contribution in [0.25, 0.3) is 0 Å². The topological polar surface area (TPSA) is 49.5 Å². The smallest absolute Gasteiger partial charge is 0.260 e. The number of nitrogens with zero attached hydrogens (tertiary/aromatic N) is 1. The minimum atomic E-state index is -0.301. The average molecular weight is 474 g/mol. The van der Waals surface area contributed by atoms with Gasteiger partial charge in [0.1, 0.15) is 17.3 Å². The molecule has 1 saturated heterocycles. The highest BCUT2D eigenvalue weighted by atomic mass is 35.5. The molecular weight excluding hydrogens is 452 g/mol. The third-order valence-electron chi connectivity index (χ3n) is 5.59. The zero-order valence-corrected chi connectivity index (χ0v) is 19.0. The lowest BCUT2D eigenvalue weighted by atomic mass is 9.90. The highest BCUT2D eigenvalue weighted by Gasteiger charge is 2.24. The van der Waals surface area contributed by atoms with Gasteiger partial charge in [0.05, 0.1) is 0 Å². The molecule has 1 atom stereocenters. The Hall–Kier alpha value is -2.76. The Bertz CT molecular complexity index is 1120. The maximum Gasteiger partial charge on any atom is 0.260 e. The van der Waals surface area contributed by atoms with Crippen molar-refractivity contribution in [3.05, 3.63) is 92.7 Å². The number of halogens is 3. The molecule has 1 fully saturated rings. The predicted molar refractivity (Wildman–Crippen MR) is 123 cm³/mol. The normalized spacial score (nSPS) is 13.7. The summed E-state index contributed by atoms with van der Waals surface area (Å²) in [7, 11) is 0. The molecule has 3 aromatic carbocycles. The van der Waals surface area contributed by atoms with Crippen molar-refractivity contribution in [3.63, 3.8) is 0 Å². The van der Waals surface area contributed by atoms with Crippen LogP contribution in [0.4, 0.5) is 4.39 Å². The van der Waals surface area contributed by atoms with E-state index >= 15 is 0 Å². The van der Waals surface area contributed by atoms with E-state index in [1.165, 1.54) is 12.1 Å². The van der Waals surface area contributed by atoms with Gasteiger partial charge < -0.3 is 14.7 Å². The van der Waals surface area contributed by atoms with E-state index in [-0.39, 0.29) is 30.0 Å². The second-order valence-electron chi connectivity index (χ2n) is 7.88. The molecule has 0 aliphatic carbocycles. The largest absolute Gasteiger partial charge is 0.508 e. The van der Waals surface area contributed by atoms with Gasteiger partial charge in [-0.2, -0.15) is 0 Å². The highest BCUT2D eigenvalue weighted by Crippen LogP contribution is 2.35. The monoisotopic (exact) mass is 473 g/mol. The fourth-order valence-electron chi connectivity index (χ4n) is 3.56. The van der Waals surface area contributed by atoms with Gasteiger partial charge in [0.2, 0.25) is 0 Å². The van der Waals surface area contributed by atoms with Gasteiger partial charge in [0, 0.05) is 41.0 Å². The van der Waals surface area contributed by atoms with Crippen molar-refractivity contribution in [2.24, 2.45) is 0 Å². The molecule has 3 aromatic rings. The van der Waals surface area contributed by atoms with Gasteiger partial charge in [-0.25, -0.2) is 4.39 Å². The molecule has 166 valence electrons. The van der Waals surface area contributed by atoms with Crippen molar-refractivity contribution in [1.82, 2.24) is 4.90 Å². The number of carbonyl (C=O) groups is 1. The first-order chi connectivity index (χ1) is 15.3. The number of phenolic OH excluding ortho intramolecular Hbond substituents is 1. The number of hydrogen-bond acceptors (Lipinski definition) is 3. The Labute approximate surface area is 196 Å². The number of aromatic hydroxyl groups is 1. The number of phenols is 1. The summed E-state index contributed by atoms with van der Waals surface area (Å²) in [6.45, 7) is 3.46. The second kappa shape index (κ2) is 9.39. The maximum absolute atomic E-state index is 13.3. The van der Waals surface area contributed by atoms with E-state index in [4.69, 9.17) is 27.9 Å². The molecule has 0 saturated carbocycles. The molecule has 0 radical (unpaired) electrons. The first kappa shape index (κ1) is 22.4. The molecule has 1 heterocycles. The van der Waals surface area contributed by atoms with Crippen LogP contribution in [-0.4, -0.2) is 35.6 Å². The van der Waals surface area contributed by atoms with Gasteiger partial charge in [0.25, 0.3) is 5.91 Å². The number of benzene rings is 3. The van der Waals surface area contributed by atoms with E-state index in [1.807, 2.05) is 19.1 Å². The fraction of sp³-hybridized carbons (Fsp3) is 0.240. The molecule has 4 nitrogen and oxygen atoms in total. The Balaban J connectivity index is 1.52. The third kappa shape index (κ3) is 5.17. The van der Waals surface area contributed by atoms with Crippen LogP contribution in [0.15, 0.2) is 54.6 Å². The van der Waals surface area contributed by atoms with Gasteiger partial charge in [0.15, 0.2) is 6.61 Å². The SMILES string of the molecule is CC(c1ccc(F)cc1)c1cc(Cc2c(Cl)cc(OCC(=O)N3CC3)cc2Cl)ccc1O. The molecule has 7 heteroatoms. The Morgan fingerprint density at radius 1 is 1.09 bits per heavy atom. The lowest BCUT2D eigenvalue weighted by Gasteiger charge is -2.16. The minimum Gasteiger partial charge on any atom is -0.508 e. The van der Waals surface area contributed by atoms with Crippen LogP contribution in [0.1, 0.15) is 35.1 Å². The van der Waals surface area contributed by atoms with Gasteiger partial charge in [-0.15, -0.1) is 0 Å². The zero-order chi connectivity index (χ0) is 22.8. The first-order valence-corrected chi connectivity index (χ1v) is 11.0. The van der Waals surface area contributed by atoms with E-state index < -0.39 is 0 Å². The molecule has 32 heavy (non-hydrogen) atoms. The van der Waals surface area contributed by atoms with Crippen molar-refractivity contribution in [3.8, 4) is 11.5 Å². The van der Waals surface area contributed by atoms with E-state index in [1.54, 1.807) is 35.2 Å². The summed E-state index contributed by atoms with van der Waals surface area (Å²) < 4.78 is 18.8. The van der Waals surface area contributed by atoms with Crippen LogP contribution in [0.5, 0.6) is 11.5 Å². The number of hydrogen-bond donors (Lipinski definition) is 1. The summed E-state index contributed by atoms with van der Waals surface area (Å²) in [5, 5.41) is 11.3. The van der Waals surface area contributed by atoms with Crippen LogP contribution < -0.4 is 4.74 Å². The zero-order valence-electron chi connectivity index (χ0n) is 17.4. The van der Waals surface area contributed by atoms with Gasteiger partial charge in [-0.1, -0.05) is 54.4 Å². The summed E-state index contributed by atoms with van der Waals surface area (Å²) in [6.07, 6.45) is 0.452. The van der Waals surface area contributed by atoms with E-state index in [9.17, 15) is 14.3 Å². The van der Waals surface area contributed by atoms with E-state index in [0.717, 1.165) is 35.3 Å². The van der Waals surface area contributed by atoms with Crippen molar-refractivity contribution < 1.29 is 19.0 Å². The predicted octanol–water partition coefficient (Wildman–Crippen LogP) is 5.80. The van der Waals surface area contributed by atoms with Crippen molar-refractivity contribution in [2.45, 2.75) is 19.3 Å². The fourth-order valence-corrected chi connectivity index (χ4v) is 4.16. The summed E-state index contributed by atoms with van der Waals surface area (Å²) >= 11 is 12.9. The van der Waals surface area contributed by atoms with Crippen LogP contribution in [0.3, 0.4) is 0 Å². The van der Waals surface area contributed by atoms with Crippen molar-refractivity contribution in [1.29, 1.82) is 0 Å². The second-order valence-corrected chi connectivity index (χ2v) is 8.69. The molecule has 1 aliphatic rings. The quantitative estimate of drug-likeness (QED) is 0.441. The average Bonchev–Trinajstić information content (AvgIpc) is 3.61. The standard InChI is InChI=1S/C25H22Cl2FNO3/c1-15(17-3-5-18(28)6-4-17)20-10-16(2-7-24(20)30)11-21-22(26)12-19(13-23(21)27)32-14-25(31)29-8-9-29/h2-7,10,12-13,15,30H,8-9,11,14H2,1H3. The first-order valence-electron chi connectivity index (χ1n) is 10.3. The molecule has 1 N–H and O–H groups in total. The minimum absolute atomic E-state index is 0.0470. The van der Waals surface area contributed by atoms with E-state index in [0.29, 0.717) is 22.2 Å². The maximum atomic E-state index is 13.3. The van der Waals surface area contributed by atoms with Crippen LogP contribution in [0, 0.1) is 5.82 Å². The molecule has 1 amide bonds. The molecular formula is C25H22Cl2FNO3. The lowest BCUT2D eigenvalue weighted by Crippen LogP contribution is -2.19. The Kier molecular flexibility index (Phi) is 6.58. The third-order valence-corrected chi connectivity index (χ3v) is 6.26. The number of amides is 1. The van der Waals surface area contributed by atoms with E-state index in [2.05, 4.69) is 0 Å². The molecule has 0 spiro atoms. The number of carbonyl (C=O) groups excluding carboxylic acids is 1. The molecule has 0 bridgehead atoms. The summed E-state index contributed by atoms with van der Waals surface area (Å²) in [5.41, 5.74) is 3.27. The number of ether oxygens (including phenoxy) is 1. The molecule has 0 aromatic heterocycles. The lowest BCUT2D eigenvalue weighted by molar-refractivity contribution is -0.127. The highest BCUT2D eigenvalue weighted by molar-refractivity contribution is 6.36. The van der Waals surface area contributed by atoms with Crippen molar-refractivity contribution in [2.75, 3.05) is 19.7 Å². The van der Waals surface area contributed by atoms with Gasteiger partial charge >= 0.3 is 0 Å². The Morgan fingerprint density at radius 2 is 1.75 bits per heavy atom. The van der Waals surface area contributed by atoms with Gasteiger partial charge in [-0.3, -0.25) is 4.79 Å². The number of rotatable bonds is 7. The van der Waals surface area contributed by atoms with Gasteiger partial charge in [-0.05, 0) is 47.0 Å². The summed E-state index contributed by atoms with van der Waals surface area (Å²) in [4.78, 5) is 13.5. The Morgan fingerprint density at radius 3 is 2.38 bits per heavy atom. The molecule has 1 unspecified atom stereocenters. The van der Waals surface area contributed by atoms with Crippen LogP contribution in [-0.2, 0) is 11.2 Å².